The summed E-state index contributed by atoms with van der Waals surface area (Å²) < 4.78 is 20.9. The first-order valence-corrected chi connectivity index (χ1v) is 15.5. The van der Waals surface area contributed by atoms with Crippen molar-refractivity contribution in [2.45, 2.75) is 51.2 Å². The minimum absolute atomic E-state index is 0.0337. The van der Waals surface area contributed by atoms with Crippen LogP contribution in [0.25, 0.3) is 0 Å². The van der Waals surface area contributed by atoms with Crippen molar-refractivity contribution in [2.24, 2.45) is 5.73 Å². The van der Waals surface area contributed by atoms with Gasteiger partial charge < -0.3 is 31.0 Å². The van der Waals surface area contributed by atoms with Crippen LogP contribution in [0, 0.1) is 5.41 Å². The maximum absolute atomic E-state index is 14.6. The average molecular weight is 609 g/mol. The lowest BCUT2D eigenvalue weighted by Gasteiger charge is -2.38. The molecule has 3 fully saturated rings. The standard InChI is InChI=1S/C33H45FN6O4/c1-3-24(21-30(35)27-6-4-5-7-28(27)32(36)42)20-29(23(2)34)33(43)40-18-16-39(17-19-40)31(41)22-38-14-10-26(11-15-38)44-25-8-12-37-13-9-25/h3-7,20,25-26,35,37H,2,8-19,21-22H2,1H3,(H2,36,42)/b24-3+,29-20+,35-30?. The van der Waals surface area contributed by atoms with Gasteiger partial charge in [-0.05, 0) is 63.4 Å². The fraction of sp³-hybridized carbons (Fsp3) is 0.515. The maximum Gasteiger partial charge on any atom is 0.256 e. The number of rotatable bonds is 11. The number of ether oxygens (including phenoxy) is 1. The number of piperidine rings is 2. The molecule has 3 amide bonds. The maximum atomic E-state index is 14.6. The molecule has 10 nitrogen and oxygen atoms in total. The van der Waals surface area contributed by atoms with Crippen LogP contribution >= 0.6 is 0 Å². The van der Waals surface area contributed by atoms with Crippen molar-refractivity contribution >= 4 is 23.4 Å². The summed E-state index contributed by atoms with van der Waals surface area (Å²) in [5, 5.41) is 11.9. The van der Waals surface area contributed by atoms with Crippen LogP contribution in [0.2, 0.25) is 0 Å². The van der Waals surface area contributed by atoms with Crippen molar-refractivity contribution in [1.82, 2.24) is 20.0 Å². The van der Waals surface area contributed by atoms with E-state index in [2.05, 4.69) is 16.8 Å². The van der Waals surface area contributed by atoms with E-state index in [1.165, 1.54) is 11.0 Å². The molecule has 1 aromatic rings. The Kier molecular flexibility index (Phi) is 12.0. The van der Waals surface area contributed by atoms with Gasteiger partial charge in [0, 0.05) is 62.5 Å². The molecule has 44 heavy (non-hydrogen) atoms. The van der Waals surface area contributed by atoms with Gasteiger partial charge in [0.1, 0.15) is 5.83 Å². The number of piperazine rings is 1. The van der Waals surface area contributed by atoms with E-state index in [-0.39, 0.29) is 48.4 Å². The summed E-state index contributed by atoms with van der Waals surface area (Å²) >= 11 is 0. The van der Waals surface area contributed by atoms with Gasteiger partial charge in [0.2, 0.25) is 11.8 Å². The van der Waals surface area contributed by atoms with Crippen molar-refractivity contribution in [3.63, 3.8) is 0 Å². The van der Waals surface area contributed by atoms with Crippen LogP contribution in [-0.2, 0) is 14.3 Å². The number of hydrogen-bond acceptors (Lipinski definition) is 7. The second-order valence-corrected chi connectivity index (χ2v) is 11.6. The second kappa shape index (κ2) is 15.9. The summed E-state index contributed by atoms with van der Waals surface area (Å²) in [6.07, 6.45) is 7.71. The predicted octanol–water partition coefficient (Wildman–Crippen LogP) is 2.80. The molecule has 0 aliphatic carbocycles. The number of likely N-dealkylation sites (tertiary alicyclic amines) is 1. The molecular formula is C33H45FN6O4. The quantitative estimate of drug-likeness (QED) is 0.201. The summed E-state index contributed by atoms with van der Waals surface area (Å²) in [6, 6.07) is 6.55. The minimum atomic E-state index is -0.871. The first-order valence-electron chi connectivity index (χ1n) is 15.5. The molecule has 0 saturated carbocycles. The number of primary amides is 1. The molecule has 0 bridgehead atoms. The van der Waals surface area contributed by atoms with Crippen molar-refractivity contribution in [1.29, 1.82) is 5.41 Å². The zero-order chi connectivity index (χ0) is 31.6. The smallest absolute Gasteiger partial charge is 0.256 e. The van der Waals surface area contributed by atoms with Crippen LogP contribution in [0.3, 0.4) is 0 Å². The number of carbonyl (C=O) groups is 3. The van der Waals surface area contributed by atoms with E-state index in [1.54, 1.807) is 42.2 Å². The van der Waals surface area contributed by atoms with Crippen LogP contribution in [0.5, 0.6) is 0 Å². The normalized spacial score (nSPS) is 19.6. The van der Waals surface area contributed by atoms with Crippen LogP contribution < -0.4 is 11.1 Å². The van der Waals surface area contributed by atoms with E-state index in [9.17, 15) is 18.8 Å². The molecule has 0 radical (unpaired) electrons. The molecule has 0 spiro atoms. The highest BCUT2D eigenvalue weighted by Gasteiger charge is 2.30. The van der Waals surface area contributed by atoms with Gasteiger partial charge in [0.25, 0.3) is 5.91 Å². The fourth-order valence-corrected chi connectivity index (χ4v) is 5.97. The SMILES string of the molecule is C=C(F)/C(=C\C(=C/C)CC(=N)c1ccccc1C(N)=O)C(=O)N1CCN(C(=O)CN2CCC(OC3CCNCC3)CC2)CC1. The topological polar surface area (TPSA) is 132 Å². The molecule has 1 aromatic carbocycles. The number of benzene rings is 1. The summed E-state index contributed by atoms with van der Waals surface area (Å²) in [4.78, 5) is 43.7. The fourth-order valence-electron chi connectivity index (χ4n) is 5.97. The summed E-state index contributed by atoms with van der Waals surface area (Å²) in [7, 11) is 0. The zero-order valence-corrected chi connectivity index (χ0v) is 25.7. The van der Waals surface area contributed by atoms with Gasteiger partial charge in [-0.1, -0.05) is 30.9 Å². The Bertz CT molecular complexity index is 1290. The highest BCUT2D eigenvalue weighted by molar-refractivity contribution is 6.09. The first-order chi connectivity index (χ1) is 21.2. The third-order valence-electron chi connectivity index (χ3n) is 8.61. The number of nitrogens with one attached hydrogen (secondary N) is 2. The largest absolute Gasteiger partial charge is 0.375 e. The Morgan fingerprint density at radius 2 is 1.59 bits per heavy atom. The number of amides is 3. The van der Waals surface area contributed by atoms with E-state index < -0.39 is 17.6 Å². The second-order valence-electron chi connectivity index (χ2n) is 11.6. The number of nitrogens with zero attached hydrogens (tertiary/aromatic N) is 3. The minimum Gasteiger partial charge on any atom is -0.375 e. The Labute approximate surface area is 259 Å². The number of allylic oxidation sites excluding steroid dienone is 3. The number of carbonyl (C=O) groups excluding carboxylic acids is 3. The van der Waals surface area contributed by atoms with Crippen molar-refractivity contribution in [3.8, 4) is 0 Å². The van der Waals surface area contributed by atoms with E-state index in [0.29, 0.717) is 36.9 Å². The van der Waals surface area contributed by atoms with Gasteiger partial charge in [-0.3, -0.25) is 19.3 Å². The lowest BCUT2D eigenvalue weighted by atomic mass is 9.96. The number of nitrogens with two attached hydrogens (primary N) is 1. The van der Waals surface area contributed by atoms with Crippen molar-refractivity contribution in [2.75, 3.05) is 58.9 Å². The first kappa shape index (κ1) is 33.2. The van der Waals surface area contributed by atoms with Gasteiger partial charge in [-0.25, -0.2) is 4.39 Å². The van der Waals surface area contributed by atoms with E-state index in [4.69, 9.17) is 15.9 Å². The molecule has 4 N–H and O–H groups in total. The van der Waals surface area contributed by atoms with Gasteiger partial charge in [0.15, 0.2) is 0 Å². The van der Waals surface area contributed by atoms with Crippen LogP contribution in [0.15, 0.2) is 60.0 Å². The Balaban J connectivity index is 1.27. The Morgan fingerprint density at radius 3 is 2.18 bits per heavy atom. The molecule has 11 heteroatoms. The molecule has 4 rings (SSSR count). The number of halogens is 1. The van der Waals surface area contributed by atoms with Crippen molar-refractivity contribution in [3.05, 3.63) is 71.1 Å². The summed E-state index contributed by atoms with van der Waals surface area (Å²) in [5.41, 5.74) is 6.52. The lowest BCUT2D eigenvalue weighted by Crippen LogP contribution is -2.53. The molecule has 3 saturated heterocycles. The molecule has 3 aliphatic heterocycles. The van der Waals surface area contributed by atoms with Crippen LogP contribution in [0.4, 0.5) is 4.39 Å². The van der Waals surface area contributed by atoms with Gasteiger partial charge in [-0.15, -0.1) is 0 Å². The van der Waals surface area contributed by atoms with Gasteiger partial charge >= 0.3 is 0 Å². The molecule has 0 atom stereocenters. The Hall–Kier alpha value is -3.67. The number of hydrogen-bond donors (Lipinski definition) is 3. The van der Waals surface area contributed by atoms with E-state index in [0.717, 1.165) is 51.9 Å². The summed E-state index contributed by atoms with van der Waals surface area (Å²) in [5.74, 6) is -1.99. The highest BCUT2D eigenvalue weighted by atomic mass is 19.1. The van der Waals surface area contributed by atoms with Crippen LogP contribution in [0.1, 0.15) is 54.9 Å². The molecule has 0 unspecified atom stereocenters. The zero-order valence-electron chi connectivity index (χ0n) is 25.7. The molecule has 3 aliphatic rings. The van der Waals surface area contributed by atoms with Gasteiger partial charge in [0.05, 0.1) is 24.3 Å². The molecule has 238 valence electrons. The highest BCUT2D eigenvalue weighted by Crippen LogP contribution is 2.22. The van der Waals surface area contributed by atoms with E-state index >= 15 is 0 Å². The van der Waals surface area contributed by atoms with Crippen molar-refractivity contribution < 1.29 is 23.5 Å². The molecule has 0 aromatic heterocycles. The third-order valence-corrected chi connectivity index (χ3v) is 8.61. The predicted molar refractivity (Wildman–Crippen MR) is 168 cm³/mol. The molecular weight excluding hydrogens is 563 g/mol. The van der Waals surface area contributed by atoms with Gasteiger partial charge in [-0.2, -0.15) is 0 Å². The monoisotopic (exact) mass is 608 g/mol. The van der Waals surface area contributed by atoms with Crippen LogP contribution in [-0.4, -0.2) is 109 Å². The lowest BCUT2D eigenvalue weighted by molar-refractivity contribution is -0.139. The van der Waals surface area contributed by atoms with E-state index in [1.807, 2.05) is 0 Å². The average Bonchev–Trinajstić information content (AvgIpc) is 3.03. The Morgan fingerprint density at radius 1 is 1.00 bits per heavy atom. The summed E-state index contributed by atoms with van der Waals surface area (Å²) in [6.45, 7) is 10.4. The molecule has 3 heterocycles. The third kappa shape index (κ3) is 8.93.